The SMILES string of the molecule is CC(C)(C)OC(=O)COc1ccc([S+](c2cccnc2)c2cccnc2)cc1.Cc1ccc(S(=O)(=O)[O-])cc1. The highest BCUT2D eigenvalue weighted by Crippen LogP contribution is 2.31. The summed E-state index contributed by atoms with van der Waals surface area (Å²) in [6, 6.07) is 21.5. The van der Waals surface area contributed by atoms with E-state index < -0.39 is 15.7 Å². The van der Waals surface area contributed by atoms with Crippen molar-refractivity contribution in [1.82, 2.24) is 9.97 Å². The smallest absolute Gasteiger partial charge is 0.344 e. The van der Waals surface area contributed by atoms with Crippen LogP contribution in [-0.2, 0) is 30.5 Å². The van der Waals surface area contributed by atoms with Crippen LogP contribution in [0.4, 0.5) is 0 Å². The molecule has 0 spiro atoms. The number of hydrogen-bond acceptors (Lipinski definition) is 8. The number of esters is 1. The zero-order valence-corrected chi connectivity index (χ0v) is 23.7. The van der Waals surface area contributed by atoms with Gasteiger partial charge in [-0.1, -0.05) is 17.7 Å². The molecule has 4 aromatic rings. The van der Waals surface area contributed by atoms with Crippen LogP contribution in [-0.4, -0.2) is 41.1 Å². The van der Waals surface area contributed by atoms with Gasteiger partial charge in [0.2, 0.25) is 0 Å². The highest BCUT2D eigenvalue weighted by Gasteiger charge is 2.29. The number of aromatic nitrogens is 2. The third-order valence-electron chi connectivity index (χ3n) is 4.89. The molecule has 8 nitrogen and oxygen atoms in total. The monoisotopic (exact) mass is 566 g/mol. The van der Waals surface area contributed by atoms with Crippen molar-refractivity contribution in [3.8, 4) is 5.75 Å². The van der Waals surface area contributed by atoms with Crippen LogP contribution >= 0.6 is 0 Å². The average molecular weight is 567 g/mol. The van der Waals surface area contributed by atoms with Gasteiger partial charge in [-0.15, -0.1) is 0 Å². The van der Waals surface area contributed by atoms with Crippen LogP contribution in [0.3, 0.4) is 0 Å². The lowest BCUT2D eigenvalue weighted by Gasteiger charge is -2.19. The van der Waals surface area contributed by atoms with E-state index >= 15 is 0 Å². The Morgan fingerprint density at radius 2 is 1.38 bits per heavy atom. The van der Waals surface area contributed by atoms with Crippen molar-refractivity contribution in [3.63, 3.8) is 0 Å². The van der Waals surface area contributed by atoms with Crippen LogP contribution in [0.1, 0.15) is 26.3 Å². The maximum atomic E-state index is 11.8. The second kappa shape index (κ2) is 13.4. The molecule has 0 bridgehead atoms. The topological polar surface area (TPSA) is 119 Å². The largest absolute Gasteiger partial charge is 0.744 e. The molecule has 204 valence electrons. The molecule has 2 aromatic heterocycles. The van der Waals surface area contributed by atoms with Gasteiger partial charge in [0.1, 0.15) is 32.4 Å². The first-order valence-corrected chi connectivity index (χ1v) is 14.6. The number of pyridine rings is 2. The van der Waals surface area contributed by atoms with Crippen LogP contribution in [0.25, 0.3) is 0 Å². The van der Waals surface area contributed by atoms with Gasteiger partial charge in [-0.05, 0) is 88.4 Å². The number of hydrogen-bond donors (Lipinski definition) is 0. The van der Waals surface area contributed by atoms with Crippen LogP contribution in [0, 0.1) is 6.92 Å². The van der Waals surface area contributed by atoms with Gasteiger partial charge in [-0.25, -0.2) is 13.2 Å². The van der Waals surface area contributed by atoms with E-state index in [4.69, 9.17) is 9.47 Å². The maximum absolute atomic E-state index is 11.8. The minimum Gasteiger partial charge on any atom is -0.744 e. The predicted molar refractivity (Wildman–Crippen MR) is 148 cm³/mol. The van der Waals surface area contributed by atoms with Gasteiger partial charge in [0.05, 0.1) is 17.3 Å². The molecule has 0 aliphatic carbocycles. The fraction of sp³-hybridized carbons (Fsp3) is 0.207. The second-order valence-electron chi connectivity index (χ2n) is 9.30. The fourth-order valence-electron chi connectivity index (χ4n) is 3.23. The van der Waals surface area contributed by atoms with Crippen molar-refractivity contribution < 1.29 is 27.2 Å². The van der Waals surface area contributed by atoms with Crippen molar-refractivity contribution in [2.75, 3.05) is 6.61 Å². The van der Waals surface area contributed by atoms with Gasteiger partial charge < -0.3 is 14.0 Å². The third kappa shape index (κ3) is 9.82. The van der Waals surface area contributed by atoms with Crippen molar-refractivity contribution >= 4 is 27.0 Å². The van der Waals surface area contributed by atoms with Crippen molar-refractivity contribution in [2.45, 2.75) is 52.9 Å². The zero-order valence-electron chi connectivity index (χ0n) is 22.1. The first-order chi connectivity index (χ1) is 18.4. The molecule has 0 fully saturated rings. The van der Waals surface area contributed by atoms with Gasteiger partial charge >= 0.3 is 5.97 Å². The molecule has 0 aliphatic heterocycles. The van der Waals surface area contributed by atoms with Crippen molar-refractivity contribution in [1.29, 1.82) is 0 Å². The molecule has 4 rings (SSSR count). The summed E-state index contributed by atoms with van der Waals surface area (Å²) < 4.78 is 42.0. The highest BCUT2D eigenvalue weighted by atomic mass is 32.2. The molecule has 2 aromatic carbocycles. The number of carbonyl (C=O) groups excluding carboxylic acids is 1. The molecular weight excluding hydrogens is 536 g/mol. The first-order valence-electron chi connectivity index (χ1n) is 11.9. The predicted octanol–water partition coefficient (Wildman–Crippen LogP) is 5.19. The Morgan fingerprint density at radius 1 is 0.846 bits per heavy atom. The normalized spacial score (nSPS) is 11.3. The number of aryl methyl sites for hydroxylation is 1. The highest BCUT2D eigenvalue weighted by molar-refractivity contribution is 7.97. The summed E-state index contributed by atoms with van der Waals surface area (Å²) >= 11 is 0. The summed E-state index contributed by atoms with van der Waals surface area (Å²) in [7, 11) is -4.59. The van der Waals surface area contributed by atoms with E-state index in [0.29, 0.717) is 5.75 Å². The van der Waals surface area contributed by atoms with E-state index in [-0.39, 0.29) is 28.4 Å². The van der Waals surface area contributed by atoms with E-state index in [1.807, 2.05) is 76.5 Å². The Kier molecular flexibility index (Phi) is 10.2. The quantitative estimate of drug-likeness (QED) is 0.170. The van der Waals surface area contributed by atoms with E-state index in [1.54, 1.807) is 24.5 Å². The molecule has 0 saturated heterocycles. The Morgan fingerprint density at radius 3 is 1.82 bits per heavy atom. The standard InChI is InChI=1S/C22H23N2O3S.C7H8O3S/c1-22(2,3)27-21(25)16-26-17-8-10-18(11-9-17)28(19-6-4-12-23-14-19)20-7-5-13-24-15-20;1-6-2-4-7(5-3-6)11(8,9)10/h4-15H,16H2,1-3H3;2-5H,1H3,(H,8,9,10)/q+1;/p-1. The Balaban J connectivity index is 0.000000320. The van der Waals surface area contributed by atoms with E-state index in [2.05, 4.69) is 22.1 Å². The Bertz CT molecular complexity index is 1400. The molecule has 0 N–H and O–H groups in total. The van der Waals surface area contributed by atoms with Gasteiger partial charge in [0, 0.05) is 12.4 Å². The van der Waals surface area contributed by atoms with E-state index in [0.717, 1.165) is 20.2 Å². The molecule has 0 saturated carbocycles. The summed E-state index contributed by atoms with van der Waals surface area (Å²) in [5, 5.41) is 0. The fourth-order valence-corrected chi connectivity index (χ4v) is 5.69. The average Bonchev–Trinajstić information content (AvgIpc) is 2.89. The number of nitrogens with zero attached hydrogens (tertiary/aromatic N) is 2. The number of rotatable bonds is 7. The first kappa shape index (κ1) is 29.8. The minimum absolute atomic E-state index is 0.118. The minimum atomic E-state index is -4.27. The van der Waals surface area contributed by atoms with Crippen molar-refractivity contribution in [2.24, 2.45) is 0 Å². The lowest BCUT2D eigenvalue weighted by Crippen LogP contribution is -2.27. The second-order valence-corrected chi connectivity index (χ2v) is 12.7. The summed E-state index contributed by atoms with van der Waals surface area (Å²) in [5.74, 6) is 0.234. The molecule has 2 heterocycles. The van der Waals surface area contributed by atoms with Gasteiger partial charge in [-0.2, -0.15) is 0 Å². The van der Waals surface area contributed by atoms with Gasteiger partial charge in [0.15, 0.2) is 21.3 Å². The van der Waals surface area contributed by atoms with Crippen LogP contribution in [0.2, 0.25) is 0 Å². The van der Waals surface area contributed by atoms with Gasteiger partial charge in [-0.3, -0.25) is 9.97 Å². The summed E-state index contributed by atoms with van der Waals surface area (Å²) in [5.41, 5.74) is 0.406. The Labute approximate surface area is 232 Å². The number of carbonyl (C=O) groups is 1. The van der Waals surface area contributed by atoms with E-state index in [9.17, 15) is 17.8 Å². The molecule has 39 heavy (non-hydrogen) atoms. The summed E-state index contributed by atoms with van der Waals surface area (Å²) in [6.45, 7) is 7.20. The Hall–Kier alpha value is -3.73. The molecular formula is C29H30N2O6S2. The van der Waals surface area contributed by atoms with E-state index in [1.165, 1.54) is 12.1 Å². The number of ether oxygens (including phenoxy) is 2. The zero-order chi connectivity index (χ0) is 28.5. The molecule has 0 aliphatic rings. The molecule has 0 unspecified atom stereocenters. The summed E-state index contributed by atoms with van der Waals surface area (Å²) in [4.78, 5) is 23.5. The lowest BCUT2D eigenvalue weighted by molar-refractivity contribution is -0.157. The van der Waals surface area contributed by atoms with Crippen LogP contribution in [0.15, 0.2) is 117 Å². The molecule has 0 amide bonds. The number of benzene rings is 2. The molecule has 10 heteroatoms. The molecule has 0 radical (unpaired) electrons. The third-order valence-corrected chi connectivity index (χ3v) is 7.90. The van der Waals surface area contributed by atoms with Crippen LogP contribution < -0.4 is 4.74 Å². The lowest BCUT2D eigenvalue weighted by atomic mass is 10.2. The van der Waals surface area contributed by atoms with Gasteiger partial charge in [0.25, 0.3) is 0 Å². The molecule has 0 atom stereocenters. The van der Waals surface area contributed by atoms with Crippen molar-refractivity contribution in [3.05, 3.63) is 103 Å². The van der Waals surface area contributed by atoms with Crippen LogP contribution in [0.5, 0.6) is 5.75 Å². The maximum Gasteiger partial charge on any atom is 0.344 e. The summed E-state index contributed by atoms with van der Waals surface area (Å²) in [6.07, 6.45) is 7.29.